The minimum atomic E-state index is -4.30. The molecule has 0 aliphatic carbocycles. The molecule has 40 heteroatoms. The van der Waals surface area contributed by atoms with Crippen molar-refractivity contribution >= 4 is 41.9 Å². The summed E-state index contributed by atoms with van der Waals surface area (Å²) >= 11 is 0. The number of methoxy groups -OCH3 is 4. The molecule has 36 nitrogen and oxygen atoms in total. The van der Waals surface area contributed by atoms with Gasteiger partial charge in [0.15, 0.2) is 18.7 Å². The summed E-state index contributed by atoms with van der Waals surface area (Å²) in [7, 11) is -6.04. The van der Waals surface area contributed by atoms with Crippen LogP contribution in [0.15, 0.2) is 92.4 Å². The number of benzene rings is 1. The van der Waals surface area contributed by atoms with Gasteiger partial charge in [-0.2, -0.15) is 0 Å². The lowest BCUT2D eigenvalue weighted by atomic mass is 9.90. The van der Waals surface area contributed by atoms with Crippen LogP contribution in [0.1, 0.15) is 32.0 Å². The van der Waals surface area contributed by atoms with Crippen LogP contribution in [-0.2, 0) is 102 Å². The number of H-pyrrole nitrogens is 1. The Labute approximate surface area is 524 Å². The van der Waals surface area contributed by atoms with Crippen LogP contribution in [0.2, 0.25) is 0 Å². The van der Waals surface area contributed by atoms with Crippen molar-refractivity contribution in [3.8, 4) is 0 Å². The van der Waals surface area contributed by atoms with Gasteiger partial charge in [0.2, 0.25) is 0 Å². The Morgan fingerprint density at radius 3 is 1.55 bits per heavy atom. The maximum atomic E-state index is 12.9. The molecule has 514 valence electrons. The van der Waals surface area contributed by atoms with Crippen molar-refractivity contribution in [2.75, 3.05) is 110 Å². The highest BCUT2D eigenvalue weighted by Gasteiger charge is 2.67. The van der Waals surface area contributed by atoms with Crippen LogP contribution in [0.5, 0.6) is 0 Å². The molecule has 8 aliphatic rings. The predicted octanol–water partition coefficient (Wildman–Crippen LogP) is 0.578. The Bertz CT molecular complexity index is 3670. The van der Waals surface area contributed by atoms with Gasteiger partial charge in [-0.05, 0) is 30.5 Å². The van der Waals surface area contributed by atoms with Crippen molar-refractivity contribution in [2.24, 2.45) is 0 Å². The molecule has 0 radical (unpaired) electrons. The Balaban J connectivity index is 0.000000146. The molecule has 8 bridgehead atoms. The lowest BCUT2D eigenvalue weighted by Gasteiger charge is -2.38. The number of phosphoric ester groups is 2. The number of hydrogen-bond acceptors (Lipinski definition) is 26. The van der Waals surface area contributed by atoms with Gasteiger partial charge in [0, 0.05) is 99.4 Å². The number of hydrogen-bond donors (Lipinski definition) is 7. The van der Waals surface area contributed by atoms with E-state index >= 15 is 0 Å². The number of ether oxygens (including phenoxy) is 12. The molecule has 0 saturated carbocycles. The smallest absolute Gasteiger partial charge is 0.382 e. The average Bonchev–Trinajstić information content (AvgIpc) is 1.59. The molecule has 11 heterocycles. The maximum Gasteiger partial charge on any atom is 0.472 e. The molecule has 5 unspecified atom stereocenters. The molecule has 0 spiro atoms. The summed E-state index contributed by atoms with van der Waals surface area (Å²) < 4.78 is 147. The molecule has 8 aliphatic heterocycles. The number of aromatic amines is 1. The predicted molar refractivity (Wildman–Crippen MR) is 314 cm³/mol. The van der Waals surface area contributed by atoms with Crippen molar-refractivity contribution in [1.82, 2.24) is 28.9 Å². The molecule has 20 atom stereocenters. The van der Waals surface area contributed by atoms with Crippen LogP contribution in [0.3, 0.4) is 0 Å². The Kier molecular flexibility index (Phi) is 22.8. The largest absolute Gasteiger partial charge is 0.472 e. The monoisotopic (exact) mass is 1390 g/mol. The van der Waals surface area contributed by atoms with Crippen molar-refractivity contribution in [3.63, 3.8) is 0 Å². The molecular formula is C52H76N6O30P4. The van der Waals surface area contributed by atoms with Crippen LogP contribution >= 0.6 is 31.1 Å². The van der Waals surface area contributed by atoms with Gasteiger partial charge in [-0.25, -0.2) is 33.2 Å². The van der Waals surface area contributed by atoms with Crippen molar-refractivity contribution in [1.29, 1.82) is 0 Å². The lowest BCUT2D eigenvalue weighted by molar-refractivity contribution is -0.190. The number of aromatic nitrogens is 4. The van der Waals surface area contributed by atoms with Crippen LogP contribution in [0, 0.1) is 0 Å². The fourth-order valence-electron chi connectivity index (χ4n) is 12.5. The van der Waals surface area contributed by atoms with Gasteiger partial charge in [0.05, 0.1) is 71.0 Å². The van der Waals surface area contributed by atoms with E-state index in [1.54, 1.807) is 49.8 Å². The second-order valence-electron chi connectivity index (χ2n) is 22.3. The molecule has 0 amide bonds. The van der Waals surface area contributed by atoms with Gasteiger partial charge in [-0.3, -0.25) is 51.2 Å². The molecule has 7 N–H and O–H groups in total. The summed E-state index contributed by atoms with van der Waals surface area (Å²) in [5, 5.41) is 6.39. The van der Waals surface area contributed by atoms with Gasteiger partial charge >= 0.3 is 36.8 Å². The zero-order chi connectivity index (χ0) is 66.8. The zero-order valence-electron chi connectivity index (χ0n) is 51.3. The third-order valence-corrected chi connectivity index (χ3v) is 20.7. The summed E-state index contributed by atoms with van der Waals surface area (Å²) in [4.78, 5) is 89.0. The molecule has 92 heavy (non-hydrogen) atoms. The molecule has 8 saturated heterocycles. The second-order valence-corrected chi connectivity index (χ2v) is 28.7. The summed E-state index contributed by atoms with van der Waals surface area (Å²) in [6, 6.07) is 13.5. The number of phosphoric acid groups is 2. The van der Waals surface area contributed by atoms with Gasteiger partial charge in [-0.15, -0.1) is 0 Å². The summed E-state index contributed by atoms with van der Waals surface area (Å²) in [5.41, 5.74) is -5.62. The molecule has 8 fully saturated rings. The number of fused-ring (bicyclic) bond motifs is 9. The van der Waals surface area contributed by atoms with Gasteiger partial charge in [0.25, 0.3) is 16.7 Å². The van der Waals surface area contributed by atoms with Crippen molar-refractivity contribution in [3.05, 3.63) is 115 Å². The normalized spacial score (nSPS) is 35.6. The standard InChI is InChI=1S/C17H20NO8P.C13H19N2O7P.C12H18N3O8P.C10H19O7P/c1-22-9-17-10-24-13(14(17)26-27(20,21)23-2)16(25-17)18-8-7-11-5-3-4-6-12(11)15(18)19;1-19-7-13-8-21-10(11(13)14-23(17,18)20-2)12(22-13)15-6-4-3-5-9(15)16;1-20-5-12-6-22-8(9(12)14-24(18,19)21-2)10(23-12)15-4-3-7(16)13-11(15)17;1-7-8-9(17-18(11,12)14-3)10(16-7,6-13-2)4-5-15-8/h3-8,13-14,16H,9-10H2,1-2H3,(H,20,21);3-6,10-12H,7-8H2,1-2H3,(H2,14,17,18);3-4,8-10H,5-6H2,1-2H3,(H,13,16,17)(H2,14,18,19);7-9H,4-6H2,1-3H3,(H,11,12)/t13-,14+,16-,17+;10-,11+,12-,13+;8-,9+,10-,12+;7-,8+,9?,10+/m1110/s1. The zero-order valence-corrected chi connectivity index (χ0v) is 54.8. The molecule has 3 aromatic heterocycles. The minimum absolute atomic E-state index is 0.0662. The number of pyridine rings is 2. The van der Waals surface area contributed by atoms with Gasteiger partial charge in [-0.1, -0.05) is 24.3 Å². The quantitative estimate of drug-likeness (QED) is 0.0499. The maximum absolute atomic E-state index is 12.9. The SMILES string of the molecule is COC[C@@]12CO[C@@H]([C@H](n3ccc(=O)[nH]c3=O)O1)[C@@H]2NP(=O)(O)OC.COC[C@@]12CO[C@@H]([C@H](n3ccc4ccccc4c3=O)O1)[C@@H]2OP(=O)(O)OC.COC[C@@]12CO[C@@H]([C@H](n3ccccc3=O)O1)[C@@H]2NP(=O)(O)OC.COC[C@]12CCO[C@@H](C1OP(=O)(O)OC)[C@H](C)O2. The number of nitrogens with one attached hydrogen (secondary N) is 3. The summed E-state index contributed by atoms with van der Waals surface area (Å²) in [6.07, 6.45) is -1.76. The van der Waals surface area contributed by atoms with E-state index in [0.717, 1.165) is 38.4 Å². The first-order valence-corrected chi connectivity index (χ1v) is 34.4. The molecular weight excluding hydrogens is 1310 g/mol. The minimum Gasteiger partial charge on any atom is -0.382 e. The molecule has 1 aromatic carbocycles. The van der Waals surface area contributed by atoms with Crippen LogP contribution in [0.4, 0.5) is 0 Å². The van der Waals surface area contributed by atoms with Crippen molar-refractivity contribution in [2.45, 2.75) is 109 Å². The highest BCUT2D eigenvalue weighted by Crippen LogP contribution is 2.56. The van der Waals surface area contributed by atoms with E-state index in [-0.39, 0.29) is 69.6 Å². The van der Waals surface area contributed by atoms with Gasteiger partial charge in [0.1, 0.15) is 59.0 Å². The Morgan fingerprint density at radius 1 is 0.533 bits per heavy atom. The van der Waals surface area contributed by atoms with Crippen LogP contribution in [-0.4, -0.2) is 225 Å². The first kappa shape index (κ1) is 72.3. The second kappa shape index (κ2) is 29.0. The van der Waals surface area contributed by atoms with E-state index in [2.05, 4.69) is 33.3 Å². The first-order valence-electron chi connectivity index (χ1n) is 28.3. The lowest BCUT2D eigenvalue weighted by Crippen LogP contribution is -2.52. The molecule has 4 aromatic rings. The fourth-order valence-corrected chi connectivity index (χ4v) is 15.5. The van der Waals surface area contributed by atoms with Crippen LogP contribution < -0.4 is 32.5 Å². The highest BCUT2D eigenvalue weighted by atomic mass is 31.2. The Hall–Kier alpha value is -3.98. The summed E-state index contributed by atoms with van der Waals surface area (Å²) in [5.74, 6) is 0. The van der Waals surface area contributed by atoms with E-state index in [4.69, 9.17) is 65.9 Å². The summed E-state index contributed by atoms with van der Waals surface area (Å²) in [6.45, 7) is 3.33. The number of rotatable bonds is 23. The number of nitrogens with zero attached hydrogens (tertiary/aromatic N) is 3. The van der Waals surface area contributed by atoms with E-state index in [9.17, 15) is 57.0 Å². The van der Waals surface area contributed by atoms with E-state index in [0.29, 0.717) is 18.4 Å². The van der Waals surface area contributed by atoms with E-state index < -0.39 is 126 Å². The van der Waals surface area contributed by atoms with Gasteiger partial charge < -0.3 is 85.5 Å². The first-order chi connectivity index (χ1) is 43.6. The topological polar surface area (TPSA) is 438 Å². The van der Waals surface area contributed by atoms with E-state index in [1.165, 1.54) is 48.8 Å². The van der Waals surface area contributed by atoms with Crippen molar-refractivity contribution < 1.29 is 122 Å². The van der Waals surface area contributed by atoms with Crippen LogP contribution in [0.25, 0.3) is 10.8 Å². The fraction of sp³-hybridized carbons (Fsp3) is 0.654. The third-order valence-electron chi connectivity index (χ3n) is 16.6. The average molecular weight is 1390 g/mol. The highest BCUT2D eigenvalue weighted by molar-refractivity contribution is 7.50. The third kappa shape index (κ3) is 14.8. The van der Waals surface area contributed by atoms with E-state index in [1.807, 2.05) is 19.1 Å². The Morgan fingerprint density at radius 2 is 1.01 bits per heavy atom. The molecule has 12 rings (SSSR count).